The second-order valence-electron chi connectivity index (χ2n) is 9.09. The second kappa shape index (κ2) is 6.67. The van der Waals surface area contributed by atoms with Crippen LogP contribution in [0.15, 0.2) is 48.5 Å². The Bertz CT molecular complexity index is 822. The minimum Gasteiger partial charge on any atom is -0.326 e. The minimum absolute atomic E-state index is 0.0225. The average Bonchev–Trinajstić information content (AvgIpc) is 2.63. The molecule has 0 atom stereocenters. The quantitative estimate of drug-likeness (QED) is 0.694. The monoisotopic (exact) mass is 379 g/mol. The van der Waals surface area contributed by atoms with E-state index in [1.165, 1.54) is 44.1 Å². The van der Waals surface area contributed by atoms with Crippen LogP contribution in [0.2, 0.25) is 5.02 Å². The van der Waals surface area contributed by atoms with Crippen LogP contribution in [0.25, 0.3) is 0 Å². The molecule has 0 aromatic heterocycles. The molecule has 3 heteroatoms. The molecular weight excluding hydrogens is 354 g/mol. The predicted molar refractivity (Wildman–Crippen MR) is 110 cm³/mol. The molecule has 4 aliphatic carbocycles. The Morgan fingerprint density at radius 2 is 1.52 bits per heavy atom. The fourth-order valence-electron chi connectivity index (χ4n) is 6.39. The Morgan fingerprint density at radius 3 is 2.11 bits per heavy atom. The molecule has 2 aromatic carbocycles. The van der Waals surface area contributed by atoms with E-state index in [0.717, 1.165) is 29.0 Å². The highest BCUT2D eigenvalue weighted by Gasteiger charge is 2.51. The van der Waals surface area contributed by atoms with Crippen LogP contribution in [0, 0.1) is 17.8 Å². The van der Waals surface area contributed by atoms with Crippen molar-refractivity contribution in [2.24, 2.45) is 17.8 Å². The van der Waals surface area contributed by atoms with Crippen molar-refractivity contribution in [1.82, 2.24) is 0 Å². The Kier molecular flexibility index (Phi) is 4.27. The summed E-state index contributed by atoms with van der Waals surface area (Å²) in [5, 5.41) is 3.66. The van der Waals surface area contributed by atoms with Crippen LogP contribution in [0.3, 0.4) is 0 Å². The Morgan fingerprint density at radius 1 is 0.926 bits per heavy atom. The van der Waals surface area contributed by atoms with Crippen molar-refractivity contribution in [1.29, 1.82) is 0 Å². The highest BCUT2D eigenvalue weighted by atomic mass is 35.5. The van der Waals surface area contributed by atoms with E-state index >= 15 is 0 Å². The number of nitrogens with one attached hydrogen (secondary N) is 1. The third-order valence-electron chi connectivity index (χ3n) is 7.13. The Balaban J connectivity index is 1.28. The topological polar surface area (TPSA) is 29.1 Å². The van der Waals surface area contributed by atoms with Gasteiger partial charge in [0.2, 0.25) is 5.91 Å². The van der Waals surface area contributed by atoms with Crippen LogP contribution in [0.5, 0.6) is 0 Å². The lowest BCUT2D eigenvalue weighted by Crippen LogP contribution is -2.48. The molecule has 1 amide bonds. The SMILES string of the molecule is O=C(Cc1ccccc1Cl)Nc1ccc(C23CC4CC(CC(C4)C2)C3)cc1. The minimum atomic E-state index is -0.0225. The summed E-state index contributed by atoms with van der Waals surface area (Å²) in [5.74, 6) is 2.83. The molecule has 0 aliphatic heterocycles. The van der Waals surface area contributed by atoms with E-state index < -0.39 is 0 Å². The van der Waals surface area contributed by atoms with Gasteiger partial charge in [0.05, 0.1) is 6.42 Å². The van der Waals surface area contributed by atoms with Crippen LogP contribution in [-0.2, 0) is 16.6 Å². The third kappa shape index (κ3) is 3.29. The number of hydrogen-bond donors (Lipinski definition) is 1. The zero-order valence-electron chi connectivity index (χ0n) is 15.6. The largest absolute Gasteiger partial charge is 0.326 e. The number of carbonyl (C=O) groups is 1. The van der Waals surface area contributed by atoms with Crippen LogP contribution >= 0.6 is 11.6 Å². The van der Waals surface area contributed by atoms with Gasteiger partial charge in [-0.1, -0.05) is 41.9 Å². The number of amides is 1. The van der Waals surface area contributed by atoms with Crippen LogP contribution in [0.4, 0.5) is 5.69 Å². The third-order valence-corrected chi connectivity index (χ3v) is 7.50. The summed E-state index contributed by atoms with van der Waals surface area (Å²) in [6, 6.07) is 16.2. The Hall–Kier alpha value is -1.80. The molecular formula is C24H26ClNO. The second-order valence-corrected chi connectivity index (χ2v) is 9.50. The van der Waals surface area contributed by atoms with Gasteiger partial charge in [-0.05, 0) is 91.0 Å². The summed E-state index contributed by atoms with van der Waals surface area (Å²) in [4.78, 5) is 12.4. The number of carbonyl (C=O) groups excluding carboxylic acids is 1. The zero-order valence-corrected chi connectivity index (χ0v) is 16.3. The number of benzene rings is 2. The standard InChI is InChI=1S/C24H26ClNO/c25-22-4-2-1-3-19(22)12-23(27)26-21-7-5-20(6-8-21)24-13-16-9-17(14-24)11-18(10-16)15-24/h1-8,16-18H,9-15H2,(H,26,27). The molecule has 0 spiro atoms. The molecule has 0 saturated heterocycles. The zero-order chi connectivity index (χ0) is 18.4. The van der Waals surface area contributed by atoms with Crippen molar-refractivity contribution in [2.45, 2.75) is 50.4 Å². The van der Waals surface area contributed by atoms with Crippen LogP contribution in [-0.4, -0.2) is 5.91 Å². The van der Waals surface area contributed by atoms with Gasteiger partial charge in [0, 0.05) is 10.7 Å². The first-order chi connectivity index (χ1) is 13.1. The number of hydrogen-bond acceptors (Lipinski definition) is 1. The summed E-state index contributed by atoms with van der Waals surface area (Å²) >= 11 is 6.16. The summed E-state index contributed by atoms with van der Waals surface area (Å²) < 4.78 is 0. The maximum absolute atomic E-state index is 12.4. The number of halogens is 1. The van der Waals surface area contributed by atoms with Crippen molar-refractivity contribution < 1.29 is 4.79 Å². The summed E-state index contributed by atoms with van der Waals surface area (Å²) in [5.41, 5.74) is 3.64. The molecule has 2 nitrogen and oxygen atoms in total. The first kappa shape index (κ1) is 17.3. The number of rotatable bonds is 4. The van der Waals surface area contributed by atoms with Gasteiger partial charge in [0.15, 0.2) is 0 Å². The lowest BCUT2D eigenvalue weighted by atomic mass is 9.48. The molecule has 0 radical (unpaired) electrons. The highest BCUT2D eigenvalue weighted by Crippen LogP contribution is 2.60. The van der Waals surface area contributed by atoms with Gasteiger partial charge in [-0.15, -0.1) is 0 Å². The average molecular weight is 380 g/mol. The van der Waals surface area contributed by atoms with E-state index in [9.17, 15) is 4.79 Å². The molecule has 6 rings (SSSR count). The molecule has 0 unspecified atom stereocenters. The van der Waals surface area contributed by atoms with Gasteiger partial charge >= 0.3 is 0 Å². The van der Waals surface area contributed by atoms with Gasteiger partial charge < -0.3 is 5.32 Å². The van der Waals surface area contributed by atoms with Gasteiger partial charge in [-0.3, -0.25) is 4.79 Å². The lowest BCUT2D eigenvalue weighted by molar-refractivity contribution is -0.115. The highest BCUT2D eigenvalue weighted by molar-refractivity contribution is 6.31. The van der Waals surface area contributed by atoms with E-state index in [0.29, 0.717) is 16.9 Å². The molecule has 4 saturated carbocycles. The van der Waals surface area contributed by atoms with Crippen LogP contribution in [0.1, 0.15) is 49.7 Å². The first-order valence-corrected chi connectivity index (χ1v) is 10.6. The normalized spacial score (nSPS) is 31.1. The van der Waals surface area contributed by atoms with E-state index in [2.05, 4.69) is 29.6 Å². The van der Waals surface area contributed by atoms with Crippen molar-refractivity contribution in [2.75, 3.05) is 5.32 Å². The fourth-order valence-corrected chi connectivity index (χ4v) is 6.59. The molecule has 0 heterocycles. The molecule has 27 heavy (non-hydrogen) atoms. The smallest absolute Gasteiger partial charge is 0.228 e. The lowest BCUT2D eigenvalue weighted by Gasteiger charge is -2.57. The van der Waals surface area contributed by atoms with Crippen molar-refractivity contribution >= 4 is 23.2 Å². The predicted octanol–water partition coefficient (Wildman–Crippen LogP) is 5.99. The Labute approximate surface area is 166 Å². The van der Waals surface area contributed by atoms with E-state index in [1.807, 2.05) is 24.3 Å². The van der Waals surface area contributed by atoms with Crippen molar-refractivity contribution in [3.63, 3.8) is 0 Å². The molecule has 2 aromatic rings. The van der Waals surface area contributed by atoms with E-state index in [-0.39, 0.29) is 5.91 Å². The molecule has 4 aliphatic rings. The fraction of sp³-hybridized carbons (Fsp3) is 0.458. The van der Waals surface area contributed by atoms with Gasteiger partial charge in [-0.25, -0.2) is 0 Å². The van der Waals surface area contributed by atoms with Crippen LogP contribution < -0.4 is 5.32 Å². The first-order valence-electron chi connectivity index (χ1n) is 10.2. The maximum Gasteiger partial charge on any atom is 0.228 e. The van der Waals surface area contributed by atoms with E-state index in [1.54, 1.807) is 0 Å². The van der Waals surface area contributed by atoms with Gasteiger partial charge in [0.1, 0.15) is 0 Å². The van der Waals surface area contributed by atoms with Gasteiger partial charge in [-0.2, -0.15) is 0 Å². The van der Waals surface area contributed by atoms with Crippen molar-refractivity contribution in [3.05, 3.63) is 64.7 Å². The molecule has 140 valence electrons. The molecule has 4 fully saturated rings. The van der Waals surface area contributed by atoms with E-state index in [4.69, 9.17) is 11.6 Å². The molecule has 4 bridgehead atoms. The molecule has 1 N–H and O–H groups in total. The number of anilines is 1. The summed E-state index contributed by atoms with van der Waals surface area (Å²) in [6.07, 6.45) is 8.82. The summed E-state index contributed by atoms with van der Waals surface area (Å²) in [6.45, 7) is 0. The van der Waals surface area contributed by atoms with Crippen molar-refractivity contribution in [3.8, 4) is 0 Å². The summed E-state index contributed by atoms with van der Waals surface area (Å²) in [7, 11) is 0. The van der Waals surface area contributed by atoms with Gasteiger partial charge in [0.25, 0.3) is 0 Å². The maximum atomic E-state index is 12.4.